The lowest BCUT2D eigenvalue weighted by atomic mass is 10.0. The third kappa shape index (κ3) is 5.66. The summed E-state index contributed by atoms with van der Waals surface area (Å²) >= 11 is 0. The van der Waals surface area contributed by atoms with Gasteiger partial charge in [-0.05, 0) is 64.7 Å². The molecule has 2 heteroatoms. The molecule has 21 heavy (non-hydrogen) atoms. The molecular weight excluding hydrogens is 260 g/mol. The first kappa shape index (κ1) is 17.4. The molecule has 0 saturated heterocycles. The Morgan fingerprint density at radius 2 is 1.76 bits per heavy atom. The van der Waals surface area contributed by atoms with E-state index in [1.165, 1.54) is 16.7 Å². The van der Waals surface area contributed by atoms with E-state index >= 15 is 0 Å². The van der Waals surface area contributed by atoms with Crippen molar-refractivity contribution in [3.8, 4) is 11.5 Å². The molecule has 0 unspecified atom stereocenters. The van der Waals surface area contributed by atoms with Gasteiger partial charge in [-0.25, -0.2) is 0 Å². The molecule has 1 aromatic carbocycles. The lowest BCUT2D eigenvalue weighted by Gasteiger charge is -2.12. The lowest BCUT2D eigenvalue weighted by molar-refractivity contribution is 0.397. The van der Waals surface area contributed by atoms with Gasteiger partial charge in [0.2, 0.25) is 0 Å². The summed E-state index contributed by atoms with van der Waals surface area (Å²) in [5.74, 6) is 1.85. The molecule has 1 rings (SSSR count). The Labute approximate surface area is 129 Å². The summed E-state index contributed by atoms with van der Waals surface area (Å²) < 4.78 is 10.9. The van der Waals surface area contributed by atoms with E-state index in [-0.39, 0.29) is 0 Å². The average Bonchev–Trinajstić information content (AvgIpc) is 2.44. The van der Waals surface area contributed by atoms with Crippen LogP contribution in [0.25, 0.3) is 0 Å². The quantitative estimate of drug-likeness (QED) is 0.638. The second-order valence-corrected chi connectivity index (χ2v) is 5.71. The summed E-state index contributed by atoms with van der Waals surface area (Å²) in [4.78, 5) is 0. The monoisotopic (exact) mass is 288 g/mol. The molecule has 0 bridgehead atoms. The molecule has 116 valence electrons. The third-order valence-electron chi connectivity index (χ3n) is 3.53. The van der Waals surface area contributed by atoms with Crippen molar-refractivity contribution in [1.82, 2.24) is 0 Å². The predicted octanol–water partition coefficient (Wildman–Crippen LogP) is 5.25. The van der Waals surface area contributed by atoms with Crippen LogP contribution in [0, 0.1) is 6.92 Å². The van der Waals surface area contributed by atoms with E-state index < -0.39 is 0 Å². The molecule has 0 radical (unpaired) electrons. The summed E-state index contributed by atoms with van der Waals surface area (Å²) in [5.41, 5.74) is 5.08. The predicted molar refractivity (Wildman–Crippen MR) is 90.4 cm³/mol. The van der Waals surface area contributed by atoms with Crippen LogP contribution in [-0.4, -0.2) is 14.2 Å². The van der Waals surface area contributed by atoms with Crippen LogP contribution in [0.2, 0.25) is 0 Å². The van der Waals surface area contributed by atoms with Crippen LogP contribution in [0.3, 0.4) is 0 Å². The van der Waals surface area contributed by atoms with E-state index in [0.29, 0.717) is 0 Å². The average molecular weight is 288 g/mol. The minimum Gasteiger partial charge on any atom is -0.497 e. The molecule has 0 aliphatic carbocycles. The van der Waals surface area contributed by atoms with Gasteiger partial charge in [0.05, 0.1) is 14.2 Å². The maximum atomic E-state index is 5.53. The van der Waals surface area contributed by atoms with Crippen LogP contribution in [0.1, 0.15) is 44.7 Å². The second kappa shape index (κ2) is 8.56. The maximum absolute atomic E-state index is 5.53. The summed E-state index contributed by atoms with van der Waals surface area (Å²) in [5, 5.41) is 0. The van der Waals surface area contributed by atoms with Crippen molar-refractivity contribution >= 4 is 0 Å². The summed E-state index contributed by atoms with van der Waals surface area (Å²) in [6.45, 7) is 8.53. The normalized spacial score (nSPS) is 11.2. The van der Waals surface area contributed by atoms with E-state index in [1.54, 1.807) is 14.2 Å². The number of methoxy groups -OCH3 is 2. The van der Waals surface area contributed by atoms with E-state index in [1.807, 2.05) is 6.07 Å². The Bertz CT molecular complexity index is 521. The minimum atomic E-state index is 0.877. The number of allylic oxidation sites excluding steroid dienone is 4. The Balaban J connectivity index is 2.82. The fraction of sp³-hybridized carbons (Fsp3) is 0.474. The highest BCUT2D eigenvalue weighted by Crippen LogP contribution is 2.29. The summed E-state index contributed by atoms with van der Waals surface area (Å²) in [6.07, 6.45) is 7.67. The number of rotatable bonds is 7. The van der Waals surface area contributed by atoms with Crippen LogP contribution >= 0.6 is 0 Å². The fourth-order valence-corrected chi connectivity index (χ4v) is 2.35. The highest BCUT2D eigenvalue weighted by atomic mass is 16.5. The van der Waals surface area contributed by atoms with Gasteiger partial charge in [0.25, 0.3) is 0 Å². The third-order valence-corrected chi connectivity index (χ3v) is 3.53. The van der Waals surface area contributed by atoms with Crippen molar-refractivity contribution in [3.05, 3.63) is 46.6 Å². The van der Waals surface area contributed by atoms with Gasteiger partial charge in [0, 0.05) is 5.56 Å². The summed E-state index contributed by atoms with van der Waals surface area (Å²) in [7, 11) is 3.43. The van der Waals surface area contributed by atoms with Crippen LogP contribution in [0.5, 0.6) is 11.5 Å². The molecule has 0 heterocycles. The molecule has 0 fully saturated rings. The van der Waals surface area contributed by atoms with E-state index in [9.17, 15) is 0 Å². The van der Waals surface area contributed by atoms with Crippen molar-refractivity contribution in [3.63, 3.8) is 0 Å². The summed E-state index contributed by atoms with van der Waals surface area (Å²) in [6, 6.07) is 4.07. The van der Waals surface area contributed by atoms with Crippen molar-refractivity contribution < 1.29 is 9.47 Å². The SMILES string of the molecule is COc1cc(C)c(OC)c(C/C=C(\C)CCC=C(C)C)c1. The number of hydrogen-bond acceptors (Lipinski definition) is 2. The van der Waals surface area contributed by atoms with Crippen LogP contribution in [-0.2, 0) is 6.42 Å². The Kier molecular flexibility index (Phi) is 7.07. The van der Waals surface area contributed by atoms with E-state index in [4.69, 9.17) is 9.47 Å². The second-order valence-electron chi connectivity index (χ2n) is 5.71. The standard InChI is InChI=1S/C19H28O2/c1-14(2)8-7-9-15(3)10-11-17-13-18(20-5)12-16(4)19(17)21-6/h8,10,12-13H,7,9,11H2,1-6H3/b15-10+. The van der Waals surface area contributed by atoms with Crippen molar-refractivity contribution in [2.45, 2.75) is 47.0 Å². The molecule has 2 nitrogen and oxygen atoms in total. The van der Waals surface area contributed by atoms with Crippen LogP contribution in [0.4, 0.5) is 0 Å². The van der Waals surface area contributed by atoms with E-state index in [0.717, 1.165) is 36.3 Å². The molecule has 0 N–H and O–H groups in total. The topological polar surface area (TPSA) is 18.5 Å². The smallest absolute Gasteiger partial charge is 0.125 e. The molecular formula is C19H28O2. The fourth-order valence-electron chi connectivity index (χ4n) is 2.35. The minimum absolute atomic E-state index is 0.877. The van der Waals surface area contributed by atoms with Gasteiger partial charge in [-0.3, -0.25) is 0 Å². The van der Waals surface area contributed by atoms with Crippen LogP contribution < -0.4 is 9.47 Å². The molecule has 0 aromatic heterocycles. The van der Waals surface area contributed by atoms with Gasteiger partial charge in [0.15, 0.2) is 0 Å². The first-order chi connectivity index (χ1) is 9.97. The number of aryl methyl sites for hydroxylation is 1. The highest BCUT2D eigenvalue weighted by molar-refractivity contribution is 5.47. The van der Waals surface area contributed by atoms with Crippen LogP contribution in [0.15, 0.2) is 35.4 Å². The Morgan fingerprint density at radius 1 is 1.05 bits per heavy atom. The number of ether oxygens (including phenoxy) is 2. The number of benzene rings is 1. The largest absolute Gasteiger partial charge is 0.497 e. The maximum Gasteiger partial charge on any atom is 0.125 e. The first-order valence-electron chi connectivity index (χ1n) is 7.48. The Hall–Kier alpha value is -1.70. The lowest BCUT2D eigenvalue weighted by Crippen LogP contribution is -1.96. The van der Waals surface area contributed by atoms with Gasteiger partial charge < -0.3 is 9.47 Å². The van der Waals surface area contributed by atoms with E-state index in [2.05, 4.69) is 45.9 Å². The molecule has 0 amide bonds. The molecule has 0 atom stereocenters. The van der Waals surface area contributed by atoms with Crippen molar-refractivity contribution in [1.29, 1.82) is 0 Å². The van der Waals surface area contributed by atoms with Crippen molar-refractivity contribution in [2.75, 3.05) is 14.2 Å². The molecule has 0 spiro atoms. The molecule has 0 saturated carbocycles. The zero-order chi connectivity index (χ0) is 15.8. The van der Waals surface area contributed by atoms with Gasteiger partial charge in [-0.2, -0.15) is 0 Å². The first-order valence-corrected chi connectivity index (χ1v) is 7.48. The zero-order valence-corrected chi connectivity index (χ0v) is 14.2. The molecule has 1 aromatic rings. The zero-order valence-electron chi connectivity index (χ0n) is 14.2. The highest BCUT2D eigenvalue weighted by Gasteiger charge is 2.08. The molecule has 0 aliphatic heterocycles. The number of hydrogen-bond donors (Lipinski definition) is 0. The molecule has 0 aliphatic rings. The Morgan fingerprint density at radius 3 is 2.33 bits per heavy atom. The van der Waals surface area contributed by atoms with Gasteiger partial charge >= 0.3 is 0 Å². The van der Waals surface area contributed by atoms with Gasteiger partial charge in [0.1, 0.15) is 11.5 Å². The van der Waals surface area contributed by atoms with Gasteiger partial charge in [-0.1, -0.05) is 23.3 Å². The van der Waals surface area contributed by atoms with Crippen molar-refractivity contribution in [2.24, 2.45) is 0 Å². The van der Waals surface area contributed by atoms with Gasteiger partial charge in [-0.15, -0.1) is 0 Å².